The molecule has 0 saturated heterocycles. The molecule has 4 nitrogen and oxygen atoms in total. The first-order chi connectivity index (χ1) is 11.3. The van der Waals surface area contributed by atoms with E-state index in [1.54, 1.807) is 24.3 Å². The van der Waals surface area contributed by atoms with Gasteiger partial charge < -0.3 is 15.8 Å². The Labute approximate surface area is 143 Å². The Hall–Kier alpha value is -2.62. The van der Waals surface area contributed by atoms with Crippen LogP contribution in [0.15, 0.2) is 54.6 Å². The summed E-state index contributed by atoms with van der Waals surface area (Å²) in [7, 11) is 0. The van der Waals surface area contributed by atoms with Crippen molar-refractivity contribution in [3.63, 3.8) is 0 Å². The van der Waals surface area contributed by atoms with Crippen LogP contribution in [0.25, 0.3) is 0 Å². The van der Waals surface area contributed by atoms with E-state index in [9.17, 15) is 4.79 Å². The molecule has 2 aromatic carbocycles. The van der Waals surface area contributed by atoms with E-state index in [-0.39, 0.29) is 17.0 Å². The Bertz CT molecular complexity index is 701. The van der Waals surface area contributed by atoms with Crippen molar-refractivity contribution >= 4 is 17.4 Å². The Morgan fingerprint density at radius 3 is 2.17 bits per heavy atom. The maximum absolute atomic E-state index is 11.0. The Morgan fingerprint density at radius 2 is 1.67 bits per heavy atom. The van der Waals surface area contributed by atoms with E-state index in [2.05, 4.69) is 5.32 Å². The van der Waals surface area contributed by atoms with Crippen LogP contribution >= 0.6 is 0 Å². The molecular weight excluding hydrogens is 300 g/mol. The van der Waals surface area contributed by atoms with E-state index >= 15 is 0 Å². The molecule has 0 aliphatic carbocycles. The molecule has 0 amide bonds. The molecule has 4 heteroatoms. The van der Waals surface area contributed by atoms with Crippen LogP contribution in [-0.2, 0) is 0 Å². The van der Waals surface area contributed by atoms with E-state index in [1.165, 1.54) is 0 Å². The first-order valence-corrected chi connectivity index (χ1v) is 8.00. The summed E-state index contributed by atoms with van der Waals surface area (Å²) in [6.45, 7) is 6.12. The number of hydrogen-bond donors (Lipinski definition) is 3. The minimum atomic E-state index is -0.935. The van der Waals surface area contributed by atoms with Gasteiger partial charge in [0.15, 0.2) is 0 Å². The minimum absolute atomic E-state index is 0.0337. The van der Waals surface area contributed by atoms with Crippen molar-refractivity contribution in [2.75, 3.05) is 5.32 Å². The van der Waals surface area contributed by atoms with Gasteiger partial charge in [-0.2, -0.15) is 0 Å². The third-order valence-corrected chi connectivity index (χ3v) is 3.99. The maximum Gasteiger partial charge on any atom is 0.335 e. The molecule has 0 radical (unpaired) electrons. The number of carboxylic acids is 1. The van der Waals surface area contributed by atoms with Crippen LogP contribution in [0.1, 0.15) is 49.2 Å². The fraction of sp³-hybridized carbons (Fsp3) is 0.300. The molecule has 3 N–H and O–H groups in total. The lowest BCUT2D eigenvalue weighted by molar-refractivity contribution is 0.0697. The number of carboxylic acid groups (broad SMARTS) is 1. The zero-order chi connectivity index (χ0) is 17.7. The summed E-state index contributed by atoms with van der Waals surface area (Å²) in [6, 6.07) is 16.7. The molecule has 0 aliphatic rings. The van der Waals surface area contributed by atoms with Crippen LogP contribution in [0.3, 0.4) is 0 Å². The maximum atomic E-state index is 11.0. The summed E-state index contributed by atoms with van der Waals surface area (Å²) < 4.78 is 0. The van der Waals surface area contributed by atoms with Gasteiger partial charge in [0, 0.05) is 17.8 Å². The topological polar surface area (TPSA) is 73.2 Å². The number of benzene rings is 2. The fourth-order valence-electron chi connectivity index (χ4n) is 2.36. The SMILES string of the molecule is CC(C)(C)C(=N)CC(Nc1ccc(C(=O)O)cc1)c1ccccc1. The molecule has 0 saturated carbocycles. The van der Waals surface area contributed by atoms with Crippen LogP contribution in [0.4, 0.5) is 5.69 Å². The summed E-state index contributed by atoms with van der Waals surface area (Å²) in [5, 5.41) is 20.8. The van der Waals surface area contributed by atoms with Crippen molar-refractivity contribution in [1.29, 1.82) is 5.41 Å². The monoisotopic (exact) mass is 324 g/mol. The number of aromatic carboxylic acids is 1. The van der Waals surface area contributed by atoms with E-state index in [1.807, 2.05) is 51.1 Å². The highest BCUT2D eigenvalue weighted by atomic mass is 16.4. The van der Waals surface area contributed by atoms with Crippen molar-refractivity contribution < 1.29 is 9.90 Å². The fourth-order valence-corrected chi connectivity index (χ4v) is 2.36. The molecule has 0 fully saturated rings. The molecule has 1 unspecified atom stereocenters. The quantitative estimate of drug-likeness (QED) is 0.655. The second kappa shape index (κ2) is 7.30. The lowest BCUT2D eigenvalue weighted by atomic mass is 9.85. The number of nitrogens with one attached hydrogen (secondary N) is 2. The highest BCUT2D eigenvalue weighted by Crippen LogP contribution is 2.28. The molecule has 0 heterocycles. The zero-order valence-electron chi connectivity index (χ0n) is 14.3. The summed E-state index contributed by atoms with van der Waals surface area (Å²) in [6.07, 6.45) is 0.591. The van der Waals surface area contributed by atoms with Crippen molar-refractivity contribution in [2.24, 2.45) is 5.41 Å². The third-order valence-electron chi connectivity index (χ3n) is 3.99. The van der Waals surface area contributed by atoms with Crippen LogP contribution in [-0.4, -0.2) is 16.8 Å². The smallest absolute Gasteiger partial charge is 0.335 e. The number of hydrogen-bond acceptors (Lipinski definition) is 3. The lowest BCUT2D eigenvalue weighted by Crippen LogP contribution is -2.24. The predicted molar refractivity (Wildman–Crippen MR) is 98.0 cm³/mol. The standard InChI is InChI=1S/C20H24N2O2/c1-20(2,3)18(21)13-17(14-7-5-4-6-8-14)22-16-11-9-15(10-12-16)19(23)24/h4-12,17,21-22H,13H2,1-3H3,(H,23,24). The van der Waals surface area contributed by atoms with Crippen molar-refractivity contribution in [3.05, 3.63) is 65.7 Å². The number of carbonyl (C=O) groups is 1. The highest BCUT2D eigenvalue weighted by molar-refractivity contribution is 5.88. The van der Waals surface area contributed by atoms with Crippen LogP contribution < -0.4 is 5.32 Å². The lowest BCUT2D eigenvalue weighted by Gasteiger charge is -2.26. The van der Waals surface area contributed by atoms with E-state index in [0.717, 1.165) is 11.3 Å². The van der Waals surface area contributed by atoms with Crippen molar-refractivity contribution in [2.45, 2.75) is 33.2 Å². The normalized spacial score (nSPS) is 12.5. The second-order valence-corrected chi connectivity index (χ2v) is 6.92. The molecule has 2 aromatic rings. The molecule has 2 rings (SSSR count). The number of rotatable bonds is 6. The average molecular weight is 324 g/mol. The zero-order valence-corrected chi connectivity index (χ0v) is 14.3. The van der Waals surface area contributed by atoms with Gasteiger partial charge in [-0.15, -0.1) is 0 Å². The summed E-state index contributed by atoms with van der Waals surface area (Å²) in [4.78, 5) is 11.0. The third kappa shape index (κ3) is 4.69. The molecule has 0 aliphatic heterocycles. The first kappa shape index (κ1) is 17.7. The summed E-state index contributed by atoms with van der Waals surface area (Å²) in [5.41, 5.74) is 2.71. The molecule has 126 valence electrons. The van der Waals surface area contributed by atoms with Gasteiger partial charge in [-0.05, 0) is 35.2 Å². The van der Waals surface area contributed by atoms with E-state index in [0.29, 0.717) is 12.1 Å². The molecule has 0 bridgehead atoms. The van der Waals surface area contributed by atoms with Gasteiger partial charge in [-0.3, -0.25) is 0 Å². The van der Waals surface area contributed by atoms with E-state index in [4.69, 9.17) is 10.5 Å². The molecule has 24 heavy (non-hydrogen) atoms. The Kier molecular flexibility index (Phi) is 5.39. The Balaban J connectivity index is 2.23. The summed E-state index contributed by atoms with van der Waals surface area (Å²) in [5.74, 6) is -0.935. The van der Waals surface area contributed by atoms with Crippen LogP contribution in [0.5, 0.6) is 0 Å². The van der Waals surface area contributed by atoms with Gasteiger partial charge >= 0.3 is 5.97 Å². The van der Waals surface area contributed by atoms with Gasteiger partial charge in [0.05, 0.1) is 11.6 Å². The molecule has 0 spiro atoms. The van der Waals surface area contributed by atoms with Crippen molar-refractivity contribution in [1.82, 2.24) is 0 Å². The van der Waals surface area contributed by atoms with Gasteiger partial charge in [-0.1, -0.05) is 51.1 Å². The number of anilines is 1. The van der Waals surface area contributed by atoms with Gasteiger partial charge in [-0.25, -0.2) is 4.79 Å². The van der Waals surface area contributed by atoms with E-state index < -0.39 is 5.97 Å². The van der Waals surface area contributed by atoms with Gasteiger partial charge in [0.2, 0.25) is 0 Å². The second-order valence-electron chi connectivity index (χ2n) is 6.92. The first-order valence-electron chi connectivity index (χ1n) is 8.00. The minimum Gasteiger partial charge on any atom is -0.478 e. The molecule has 0 aromatic heterocycles. The summed E-state index contributed by atoms with van der Waals surface area (Å²) >= 11 is 0. The van der Waals surface area contributed by atoms with Gasteiger partial charge in [0.1, 0.15) is 0 Å². The largest absolute Gasteiger partial charge is 0.478 e. The molecular formula is C20H24N2O2. The van der Waals surface area contributed by atoms with Crippen LogP contribution in [0.2, 0.25) is 0 Å². The van der Waals surface area contributed by atoms with Crippen molar-refractivity contribution in [3.8, 4) is 0 Å². The van der Waals surface area contributed by atoms with Crippen LogP contribution in [0, 0.1) is 10.8 Å². The molecule has 1 atom stereocenters. The highest BCUT2D eigenvalue weighted by Gasteiger charge is 2.22. The Morgan fingerprint density at radius 1 is 1.08 bits per heavy atom. The average Bonchev–Trinajstić information content (AvgIpc) is 2.54. The predicted octanol–water partition coefficient (Wildman–Crippen LogP) is 4.99. The van der Waals surface area contributed by atoms with Gasteiger partial charge in [0.25, 0.3) is 0 Å².